The van der Waals surface area contributed by atoms with Crippen molar-refractivity contribution in [2.75, 3.05) is 20.8 Å². The third kappa shape index (κ3) is 4.67. The van der Waals surface area contributed by atoms with Gasteiger partial charge in [0.05, 0.1) is 19.8 Å². The number of nitrogens with zero attached hydrogens (tertiary/aromatic N) is 1. The molecule has 1 atom stereocenters. The average Bonchev–Trinajstić information content (AvgIpc) is 3.28. The van der Waals surface area contributed by atoms with Gasteiger partial charge in [-0.25, -0.2) is 0 Å². The molecule has 0 saturated heterocycles. The number of aromatic amines is 1. The van der Waals surface area contributed by atoms with E-state index in [9.17, 15) is 18.0 Å². The number of H-pyrrole nitrogens is 1. The molecule has 5 rings (SSSR count). The lowest BCUT2D eigenvalue weighted by molar-refractivity contribution is -0.137. The zero-order valence-corrected chi connectivity index (χ0v) is 20.3. The van der Waals surface area contributed by atoms with Crippen LogP contribution in [0.3, 0.4) is 0 Å². The Hall–Kier alpha value is -4.20. The number of methoxy groups -OCH3 is 2. The van der Waals surface area contributed by atoms with E-state index in [1.807, 2.05) is 42.5 Å². The smallest absolute Gasteiger partial charge is 0.416 e. The number of hydrogen-bond acceptors (Lipinski definition) is 3. The molecule has 1 N–H and O–H groups in total. The molecular formula is C29H25F3N2O3. The fraction of sp³-hybridized carbons (Fsp3) is 0.207. The quantitative estimate of drug-likeness (QED) is 0.319. The van der Waals surface area contributed by atoms with Crippen molar-refractivity contribution in [3.63, 3.8) is 0 Å². The summed E-state index contributed by atoms with van der Waals surface area (Å²) in [6.07, 6.45) is -1.10. The minimum Gasteiger partial charge on any atom is -0.497 e. The van der Waals surface area contributed by atoms with Crippen molar-refractivity contribution in [2.24, 2.45) is 0 Å². The van der Waals surface area contributed by atoms with Crippen LogP contribution >= 0.6 is 0 Å². The lowest BCUT2D eigenvalue weighted by Gasteiger charge is -2.36. The normalized spacial score (nSPS) is 15.7. The van der Waals surface area contributed by atoms with Gasteiger partial charge in [-0.3, -0.25) is 4.79 Å². The lowest BCUT2D eigenvalue weighted by atomic mass is 9.91. The van der Waals surface area contributed by atoms with Crippen LogP contribution in [0.5, 0.6) is 11.5 Å². The van der Waals surface area contributed by atoms with E-state index in [0.717, 1.165) is 45.6 Å². The molecule has 0 bridgehead atoms. The zero-order chi connectivity index (χ0) is 26.2. The molecule has 0 aliphatic carbocycles. The lowest BCUT2D eigenvalue weighted by Crippen LogP contribution is -2.39. The number of fused-ring (bicyclic) bond motifs is 3. The molecular weight excluding hydrogens is 481 g/mol. The maximum Gasteiger partial charge on any atom is 0.416 e. The minimum absolute atomic E-state index is 0.299. The second-order valence-corrected chi connectivity index (χ2v) is 8.81. The first-order valence-electron chi connectivity index (χ1n) is 11.8. The van der Waals surface area contributed by atoms with Crippen LogP contribution in [0, 0.1) is 0 Å². The van der Waals surface area contributed by atoms with Crippen molar-refractivity contribution in [1.82, 2.24) is 9.88 Å². The first kappa shape index (κ1) is 24.5. The van der Waals surface area contributed by atoms with E-state index in [-0.39, 0.29) is 5.91 Å². The topological polar surface area (TPSA) is 54.6 Å². The number of ether oxygens (including phenoxy) is 2. The highest BCUT2D eigenvalue weighted by molar-refractivity contribution is 5.94. The Morgan fingerprint density at radius 2 is 1.84 bits per heavy atom. The van der Waals surface area contributed by atoms with Gasteiger partial charge >= 0.3 is 6.18 Å². The maximum absolute atomic E-state index is 13.5. The van der Waals surface area contributed by atoms with Gasteiger partial charge in [-0.2, -0.15) is 13.2 Å². The summed E-state index contributed by atoms with van der Waals surface area (Å²) in [7, 11) is 3.20. The molecule has 1 amide bonds. The first-order valence-corrected chi connectivity index (χ1v) is 11.8. The number of amides is 1. The predicted molar refractivity (Wildman–Crippen MR) is 136 cm³/mol. The third-order valence-electron chi connectivity index (χ3n) is 6.68. The minimum atomic E-state index is -4.45. The number of para-hydroxylation sites is 1. The fourth-order valence-electron chi connectivity index (χ4n) is 4.93. The molecule has 190 valence electrons. The van der Waals surface area contributed by atoms with Crippen LogP contribution in [0.2, 0.25) is 0 Å². The summed E-state index contributed by atoms with van der Waals surface area (Å²) >= 11 is 0. The largest absolute Gasteiger partial charge is 0.497 e. The van der Waals surface area contributed by atoms with Gasteiger partial charge in [0.25, 0.3) is 0 Å². The Balaban J connectivity index is 1.56. The SMILES string of the molecule is COc1ccc2[nH]c3c(c2c1)CCN(C(=O)/C=C/c1cccc(C(F)(F)F)c1)[C@@H]3c1ccccc1OC. The maximum atomic E-state index is 13.5. The van der Waals surface area contributed by atoms with Gasteiger partial charge in [-0.1, -0.05) is 30.3 Å². The van der Waals surface area contributed by atoms with Crippen LogP contribution in [-0.4, -0.2) is 36.6 Å². The zero-order valence-electron chi connectivity index (χ0n) is 20.3. The van der Waals surface area contributed by atoms with Gasteiger partial charge in [0.15, 0.2) is 0 Å². The number of carbonyl (C=O) groups is 1. The van der Waals surface area contributed by atoms with E-state index >= 15 is 0 Å². The molecule has 8 heteroatoms. The monoisotopic (exact) mass is 506 g/mol. The van der Waals surface area contributed by atoms with E-state index in [1.165, 1.54) is 24.3 Å². The number of carbonyl (C=O) groups excluding carboxylic acids is 1. The van der Waals surface area contributed by atoms with Crippen molar-refractivity contribution in [2.45, 2.75) is 18.6 Å². The van der Waals surface area contributed by atoms with E-state index < -0.39 is 17.8 Å². The summed E-state index contributed by atoms with van der Waals surface area (Å²) < 4.78 is 50.4. The fourth-order valence-corrected chi connectivity index (χ4v) is 4.93. The molecule has 2 heterocycles. The second kappa shape index (κ2) is 9.69. The Morgan fingerprint density at radius 3 is 2.59 bits per heavy atom. The highest BCUT2D eigenvalue weighted by atomic mass is 19.4. The van der Waals surface area contributed by atoms with E-state index in [1.54, 1.807) is 19.1 Å². The third-order valence-corrected chi connectivity index (χ3v) is 6.68. The summed E-state index contributed by atoms with van der Waals surface area (Å²) in [5.41, 5.74) is 3.25. The van der Waals surface area contributed by atoms with Crippen molar-refractivity contribution in [3.8, 4) is 11.5 Å². The van der Waals surface area contributed by atoms with E-state index in [0.29, 0.717) is 24.3 Å². The highest BCUT2D eigenvalue weighted by Gasteiger charge is 2.35. The molecule has 5 nitrogen and oxygen atoms in total. The van der Waals surface area contributed by atoms with Crippen LogP contribution in [0.4, 0.5) is 13.2 Å². The summed E-state index contributed by atoms with van der Waals surface area (Å²) in [5, 5.41) is 1.03. The molecule has 0 radical (unpaired) electrons. The Labute approximate surface area is 212 Å². The van der Waals surface area contributed by atoms with Crippen molar-refractivity contribution >= 4 is 22.9 Å². The average molecular weight is 507 g/mol. The van der Waals surface area contributed by atoms with E-state index in [4.69, 9.17) is 9.47 Å². The molecule has 0 spiro atoms. The standard InChI is InChI=1S/C29H25F3N2O3/c1-36-20-11-12-24-23(17-20)21-14-15-34(28(27(21)33-24)22-8-3-4-9-25(22)37-2)26(35)13-10-18-6-5-7-19(16-18)29(30,31)32/h3-13,16-17,28,33H,14-15H2,1-2H3/b13-10+/t28-/m1/s1. The second-order valence-electron chi connectivity index (χ2n) is 8.81. The highest BCUT2D eigenvalue weighted by Crippen LogP contribution is 2.42. The summed E-state index contributed by atoms with van der Waals surface area (Å²) in [6.45, 7) is 0.422. The Bertz CT molecular complexity index is 1490. The predicted octanol–water partition coefficient (Wildman–Crippen LogP) is 6.39. The van der Waals surface area contributed by atoms with Crippen LogP contribution in [0.25, 0.3) is 17.0 Å². The van der Waals surface area contributed by atoms with Gasteiger partial charge in [0, 0.05) is 34.8 Å². The van der Waals surface area contributed by atoms with Gasteiger partial charge in [-0.15, -0.1) is 0 Å². The number of aromatic nitrogens is 1. The number of alkyl halides is 3. The van der Waals surface area contributed by atoms with Gasteiger partial charge in [0.1, 0.15) is 17.5 Å². The molecule has 3 aromatic carbocycles. The number of benzene rings is 3. The van der Waals surface area contributed by atoms with Crippen molar-refractivity contribution in [1.29, 1.82) is 0 Å². The van der Waals surface area contributed by atoms with E-state index in [2.05, 4.69) is 4.98 Å². The Kier molecular flexibility index (Phi) is 6.41. The molecule has 4 aromatic rings. The van der Waals surface area contributed by atoms with Crippen LogP contribution < -0.4 is 9.47 Å². The van der Waals surface area contributed by atoms with Crippen LogP contribution in [0.1, 0.15) is 34.0 Å². The van der Waals surface area contributed by atoms with Gasteiger partial charge in [-0.05, 0) is 60.0 Å². The molecule has 1 aliphatic rings. The van der Waals surface area contributed by atoms with Gasteiger partial charge < -0.3 is 19.4 Å². The number of rotatable bonds is 5. The molecule has 0 saturated carbocycles. The summed E-state index contributed by atoms with van der Waals surface area (Å²) in [6, 6.07) is 17.8. The molecule has 1 aromatic heterocycles. The Morgan fingerprint density at radius 1 is 1.03 bits per heavy atom. The van der Waals surface area contributed by atoms with Crippen molar-refractivity contribution in [3.05, 3.63) is 101 Å². The first-order chi connectivity index (χ1) is 17.8. The van der Waals surface area contributed by atoms with Crippen LogP contribution in [0.15, 0.2) is 72.8 Å². The van der Waals surface area contributed by atoms with Crippen LogP contribution in [-0.2, 0) is 17.4 Å². The van der Waals surface area contributed by atoms with Crippen molar-refractivity contribution < 1.29 is 27.4 Å². The summed E-state index contributed by atoms with van der Waals surface area (Å²) in [5.74, 6) is 1.07. The molecule has 1 aliphatic heterocycles. The molecule has 37 heavy (non-hydrogen) atoms. The molecule has 0 unspecified atom stereocenters. The number of hydrogen-bond donors (Lipinski definition) is 1. The van der Waals surface area contributed by atoms with Gasteiger partial charge in [0.2, 0.25) is 5.91 Å². The number of nitrogens with one attached hydrogen (secondary N) is 1. The molecule has 0 fully saturated rings. The number of halogens is 3. The summed E-state index contributed by atoms with van der Waals surface area (Å²) in [4.78, 5) is 18.7.